The molecule has 3 aromatic carbocycles. The normalized spacial score (nSPS) is 11.7. The molecule has 0 spiro atoms. The van der Waals surface area contributed by atoms with Gasteiger partial charge >= 0.3 is 5.97 Å². The molecule has 0 N–H and O–H groups in total. The van der Waals surface area contributed by atoms with Crippen LogP contribution in [0.1, 0.15) is 27.0 Å². The van der Waals surface area contributed by atoms with Gasteiger partial charge in [0, 0.05) is 0 Å². The zero-order valence-corrected chi connectivity index (χ0v) is 17.3. The van der Waals surface area contributed by atoms with Crippen molar-refractivity contribution in [2.75, 3.05) is 20.3 Å². The topological polar surface area (TPSA) is 57.3 Å². The fraction of sp³-hybridized carbons (Fsp3) is 0.240. The molecule has 0 atom stereocenters. The van der Waals surface area contributed by atoms with Crippen LogP contribution >= 0.6 is 0 Å². The van der Waals surface area contributed by atoms with Crippen LogP contribution in [0.5, 0.6) is 11.5 Å². The predicted octanol–water partition coefficient (Wildman–Crippen LogP) is 4.96. The minimum absolute atomic E-state index is 0.381. The smallest absolute Gasteiger partial charge is 0.338 e. The van der Waals surface area contributed by atoms with Crippen LogP contribution in [0.4, 0.5) is 0 Å². The zero-order valence-electron chi connectivity index (χ0n) is 17.3. The summed E-state index contributed by atoms with van der Waals surface area (Å²) in [5, 5.41) is 0. The molecule has 1 heterocycles. The van der Waals surface area contributed by atoms with Gasteiger partial charge in [-0.1, -0.05) is 60.7 Å². The molecular formula is C25H26O5. The molecule has 5 nitrogen and oxygen atoms in total. The summed E-state index contributed by atoms with van der Waals surface area (Å²) in [7, 11) is 1.37. The van der Waals surface area contributed by atoms with Crippen LogP contribution < -0.4 is 9.47 Å². The molecule has 0 unspecified atom stereocenters. The molecular weight excluding hydrogens is 380 g/mol. The summed E-state index contributed by atoms with van der Waals surface area (Å²) in [6, 6.07) is 23.3. The Kier molecular flexibility index (Phi) is 7.86. The van der Waals surface area contributed by atoms with Crippen molar-refractivity contribution in [3.63, 3.8) is 0 Å². The Morgan fingerprint density at radius 3 is 1.73 bits per heavy atom. The fourth-order valence-electron chi connectivity index (χ4n) is 2.69. The van der Waals surface area contributed by atoms with Crippen LogP contribution in [0, 0.1) is 6.92 Å². The summed E-state index contributed by atoms with van der Waals surface area (Å²) in [6.45, 7) is 4.65. The van der Waals surface area contributed by atoms with Gasteiger partial charge in [-0.25, -0.2) is 4.79 Å². The highest BCUT2D eigenvalue weighted by Crippen LogP contribution is 2.32. The fourth-order valence-corrected chi connectivity index (χ4v) is 2.69. The minimum Gasteiger partial charge on any atom is -0.485 e. The molecule has 3 aromatic rings. The van der Waals surface area contributed by atoms with E-state index < -0.39 is 5.97 Å². The van der Waals surface area contributed by atoms with Gasteiger partial charge in [0.25, 0.3) is 0 Å². The Bertz CT molecular complexity index is 934. The molecule has 1 fully saturated rings. The molecule has 0 bridgehead atoms. The Morgan fingerprint density at radius 1 is 0.833 bits per heavy atom. The van der Waals surface area contributed by atoms with E-state index >= 15 is 0 Å². The maximum absolute atomic E-state index is 12.0. The van der Waals surface area contributed by atoms with Crippen molar-refractivity contribution in [2.45, 2.75) is 20.1 Å². The van der Waals surface area contributed by atoms with Gasteiger partial charge in [0.15, 0.2) is 11.5 Å². The number of epoxide rings is 1. The second kappa shape index (κ2) is 11.0. The summed E-state index contributed by atoms with van der Waals surface area (Å²) < 4.78 is 21.3. The zero-order chi connectivity index (χ0) is 21.2. The van der Waals surface area contributed by atoms with Gasteiger partial charge in [0.05, 0.1) is 25.9 Å². The highest BCUT2D eigenvalue weighted by atomic mass is 16.6. The first-order valence-electron chi connectivity index (χ1n) is 9.81. The molecule has 0 radical (unpaired) electrons. The average molecular weight is 406 g/mol. The summed E-state index contributed by atoms with van der Waals surface area (Å²) in [5.74, 6) is 0.715. The van der Waals surface area contributed by atoms with Crippen LogP contribution in [0.15, 0.2) is 72.8 Å². The quantitative estimate of drug-likeness (QED) is 0.410. The molecule has 1 aliphatic heterocycles. The van der Waals surface area contributed by atoms with E-state index in [0.717, 1.165) is 29.9 Å². The number of rotatable bonds is 7. The van der Waals surface area contributed by atoms with Gasteiger partial charge in [-0.3, -0.25) is 0 Å². The third-order valence-corrected chi connectivity index (χ3v) is 4.37. The van der Waals surface area contributed by atoms with Crippen LogP contribution in [0.3, 0.4) is 0 Å². The lowest BCUT2D eigenvalue weighted by Crippen LogP contribution is -2.07. The van der Waals surface area contributed by atoms with E-state index in [4.69, 9.17) is 14.2 Å². The van der Waals surface area contributed by atoms with E-state index in [1.165, 1.54) is 7.11 Å². The molecule has 0 saturated carbocycles. The van der Waals surface area contributed by atoms with Gasteiger partial charge in [0.2, 0.25) is 0 Å². The first kappa shape index (κ1) is 21.4. The standard InChI is InChI=1S/C23H22O4.C2H4O/c1-17-13-21(26-15-18-9-5-3-6-10-18)22(14-20(17)23(24)25-2)27-16-19-11-7-4-8-12-19;1-2-3-1/h3-14H,15-16H2,1-2H3;1-2H2. The van der Waals surface area contributed by atoms with E-state index in [9.17, 15) is 4.79 Å². The average Bonchev–Trinajstić information content (AvgIpc) is 3.67. The van der Waals surface area contributed by atoms with Gasteiger partial charge < -0.3 is 18.9 Å². The Morgan fingerprint density at radius 2 is 1.30 bits per heavy atom. The largest absolute Gasteiger partial charge is 0.485 e. The van der Waals surface area contributed by atoms with Crippen LogP contribution in [0.25, 0.3) is 0 Å². The molecule has 1 aliphatic rings. The van der Waals surface area contributed by atoms with Gasteiger partial charge in [-0.2, -0.15) is 0 Å². The van der Waals surface area contributed by atoms with Gasteiger partial charge in [0.1, 0.15) is 13.2 Å². The van der Waals surface area contributed by atoms with E-state index in [-0.39, 0.29) is 0 Å². The molecule has 156 valence electrons. The van der Waals surface area contributed by atoms with Crippen molar-refractivity contribution in [1.29, 1.82) is 0 Å². The lowest BCUT2D eigenvalue weighted by atomic mass is 10.1. The number of hydrogen-bond acceptors (Lipinski definition) is 5. The Balaban J connectivity index is 0.000000782. The number of benzene rings is 3. The second-order valence-corrected chi connectivity index (χ2v) is 6.77. The maximum atomic E-state index is 12.0. The number of aryl methyl sites for hydroxylation is 1. The molecule has 5 heteroatoms. The monoisotopic (exact) mass is 406 g/mol. The lowest BCUT2D eigenvalue weighted by molar-refractivity contribution is 0.0599. The van der Waals surface area contributed by atoms with Crippen molar-refractivity contribution in [1.82, 2.24) is 0 Å². The number of methoxy groups -OCH3 is 1. The van der Waals surface area contributed by atoms with Gasteiger partial charge in [-0.05, 0) is 35.7 Å². The number of ether oxygens (including phenoxy) is 4. The Hall–Kier alpha value is -3.31. The highest BCUT2D eigenvalue weighted by Gasteiger charge is 2.16. The first-order valence-corrected chi connectivity index (χ1v) is 9.81. The molecule has 4 rings (SSSR count). The van der Waals surface area contributed by atoms with Crippen molar-refractivity contribution < 1.29 is 23.7 Å². The highest BCUT2D eigenvalue weighted by molar-refractivity contribution is 5.91. The van der Waals surface area contributed by atoms with Crippen molar-refractivity contribution in [3.8, 4) is 11.5 Å². The Labute approximate surface area is 177 Å². The van der Waals surface area contributed by atoms with Crippen LogP contribution in [0.2, 0.25) is 0 Å². The molecule has 0 aliphatic carbocycles. The van der Waals surface area contributed by atoms with Crippen molar-refractivity contribution in [2.24, 2.45) is 0 Å². The lowest BCUT2D eigenvalue weighted by Gasteiger charge is -2.16. The first-order chi connectivity index (χ1) is 14.7. The van der Waals surface area contributed by atoms with E-state index in [1.54, 1.807) is 6.07 Å². The summed E-state index contributed by atoms with van der Waals surface area (Å²) in [6.07, 6.45) is 0. The number of carbonyl (C=O) groups excluding carboxylic acids is 1. The molecule has 0 amide bonds. The number of carbonyl (C=O) groups is 1. The van der Waals surface area contributed by atoms with Crippen LogP contribution in [-0.2, 0) is 22.7 Å². The predicted molar refractivity (Wildman–Crippen MR) is 115 cm³/mol. The number of esters is 1. The van der Waals surface area contributed by atoms with Crippen molar-refractivity contribution in [3.05, 3.63) is 95.1 Å². The number of hydrogen-bond donors (Lipinski definition) is 0. The summed E-state index contributed by atoms with van der Waals surface area (Å²) in [5.41, 5.74) is 3.33. The second-order valence-electron chi connectivity index (χ2n) is 6.77. The van der Waals surface area contributed by atoms with E-state index in [0.29, 0.717) is 30.3 Å². The third-order valence-electron chi connectivity index (χ3n) is 4.37. The minimum atomic E-state index is -0.397. The van der Waals surface area contributed by atoms with Crippen molar-refractivity contribution >= 4 is 5.97 Å². The van der Waals surface area contributed by atoms with Crippen LogP contribution in [-0.4, -0.2) is 26.3 Å². The van der Waals surface area contributed by atoms with Gasteiger partial charge in [-0.15, -0.1) is 0 Å². The SMILES string of the molecule is C1CO1.COC(=O)c1cc(OCc2ccccc2)c(OCc2ccccc2)cc1C. The molecule has 1 saturated heterocycles. The van der Waals surface area contributed by atoms with E-state index in [2.05, 4.69) is 4.74 Å². The summed E-state index contributed by atoms with van der Waals surface area (Å²) >= 11 is 0. The molecule has 0 aromatic heterocycles. The van der Waals surface area contributed by atoms with E-state index in [1.807, 2.05) is 73.7 Å². The summed E-state index contributed by atoms with van der Waals surface area (Å²) in [4.78, 5) is 12.0. The molecule has 30 heavy (non-hydrogen) atoms. The third kappa shape index (κ3) is 6.64. The maximum Gasteiger partial charge on any atom is 0.338 e.